The molecule has 0 N–H and O–H groups in total. The Morgan fingerprint density at radius 1 is 0.917 bits per heavy atom. The first kappa shape index (κ1) is 17.0. The highest BCUT2D eigenvalue weighted by Crippen LogP contribution is 2.37. The standard InChI is InChI=1S/C18H13Cl3N2O/c1-24-13-9-6-12(7-10-13)8-11-16-14-4-2-3-5-15(14)22-17(23-16)18(19,20)21/h2-11H,1H3/b11-8+. The summed E-state index contributed by atoms with van der Waals surface area (Å²) in [6.45, 7) is 0. The van der Waals surface area contributed by atoms with Crippen molar-refractivity contribution < 1.29 is 4.74 Å². The molecular formula is C18H13Cl3N2O. The molecule has 1 heterocycles. The smallest absolute Gasteiger partial charge is 0.250 e. The number of halogens is 3. The Morgan fingerprint density at radius 2 is 1.62 bits per heavy atom. The van der Waals surface area contributed by atoms with E-state index in [4.69, 9.17) is 39.5 Å². The summed E-state index contributed by atoms with van der Waals surface area (Å²) < 4.78 is 3.48. The van der Waals surface area contributed by atoms with Crippen LogP contribution in [-0.4, -0.2) is 17.1 Å². The van der Waals surface area contributed by atoms with Crippen LogP contribution in [0.2, 0.25) is 0 Å². The second-order valence-electron chi connectivity index (χ2n) is 5.05. The lowest BCUT2D eigenvalue weighted by atomic mass is 10.1. The van der Waals surface area contributed by atoms with Gasteiger partial charge in [0.15, 0.2) is 5.82 Å². The van der Waals surface area contributed by atoms with Crippen LogP contribution in [0.4, 0.5) is 0 Å². The van der Waals surface area contributed by atoms with E-state index < -0.39 is 3.79 Å². The molecule has 0 aliphatic rings. The van der Waals surface area contributed by atoms with Gasteiger partial charge >= 0.3 is 0 Å². The minimum Gasteiger partial charge on any atom is -0.497 e. The molecule has 0 radical (unpaired) electrons. The fourth-order valence-electron chi connectivity index (χ4n) is 2.25. The Bertz CT molecular complexity index is 887. The number of nitrogens with zero attached hydrogens (tertiary/aromatic N) is 2. The van der Waals surface area contributed by atoms with Crippen LogP contribution in [0, 0.1) is 0 Å². The minimum atomic E-state index is -1.67. The number of hydrogen-bond acceptors (Lipinski definition) is 3. The van der Waals surface area contributed by atoms with Crippen molar-refractivity contribution in [2.75, 3.05) is 7.11 Å². The van der Waals surface area contributed by atoms with Crippen LogP contribution >= 0.6 is 34.8 Å². The lowest BCUT2D eigenvalue weighted by Crippen LogP contribution is -2.08. The van der Waals surface area contributed by atoms with Crippen molar-refractivity contribution in [2.24, 2.45) is 0 Å². The van der Waals surface area contributed by atoms with Crippen molar-refractivity contribution in [1.29, 1.82) is 0 Å². The van der Waals surface area contributed by atoms with Gasteiger partial charge in [-0.15, -0.1) is 0 Å². The fraction of sp³-hybridized carbons (Fsp3) is 0.111. The second kappa shape index (κ2) is 6.98. The lowest BCUT2D eigenvalue weighted by molar-refractivity contribution is 0.415. The molecule has 122 valence electrons. The van der Waals surface area contributed by atoms with Crippen LogP contribution in [0.3, 0.4) is 0 Å². The van der Waals surface area contributed by atoms with Gasteiger partial charge in [-0.3, -0.25) is 0 Å². The monoisotopic (exact) mass is 378 g/mol. The summed E-state index contributed by atoms with van der Waals surface area (Å²) >= 11 is 17.8. The summed E-state index contributed by atoms with van der Waals surface area (Å²) in [6, 6.07) is 15.3. The summed E-state index contributed by atoms with van der Waals surface area (Å²) in [5.74, 6) is 0.957. The predicted molar refractivity (Wildman–Crippen MR) is 101 cm³/mol. The van der Waals surface area contributed by atoms with E-state index in [9.17, 15) is 0 Å². The molecule has 0 saturated carbocycles. The third-order valence-electron chi connectivity index (χ3n) is 3.44. The molecule has 3 aromatic rings. The van der Waals surface area contributed by atoms with Crippen LogP contribution in [0.1, 0.15) is 17.1 Å². The largest absolute Gasteiger partial charge is 0.497 e. The molecule has 0 atom stereocenters. The van der Waals surface area contributed by atoms with Crippen molar-refractivity contribution >= 4 is 57.9 Å². The van der Waals surface area contributed by atoms with Gasteiger partial charge in [0.25, 0.3) is 0 Å². The topological polar surface area (TPSA) is 35.0 Å². The Hall–Kier alpha value is -1.81. The average molecular weight is 380 g/mol. The average Bonchev–Trinajstić information content (AvgIpc) is 2.59. The molecule has 0 spiro atoms. The van der Waals surface area contributed by atoms with Crippen molar-refractivity contribution in [2.45, 2.75) is 3.79 Å². The van der Waals surface area contributed by atoms with Gasteiger partial charge in [-0.05, 0) is 29.8 Å². The number of alkyl halides is 3. The van der Waals surface area contributed by atoms with Crippen molar-refractivity contribution in [3.8, 4) is 5.75 Å². The predicted octanol–water partition coefficient (Wildman–Crippen LogP) is 5.64. The molecule has 0 bridgehead atoms. The number of methoxy groups -OCH3 is 1. The number of fused-ring (bicyclic) bond motifs is 1. The maximum absolute atomic E-state index is 5.95. The van der Waals surface area contributed by atoms with Crippen molar-refractivity contribution in [3.63, 3.8) is 0 Å². The molecular weight excluding hydrogens is 367 g/mol. The Morgan fingerprint density at radius 3 is 2.29 bits per heavy atom. The fourth-order valence-corrected chi connectivity index (χ4v) is 2.50. The molecule has 0 aliphatic heterocycles. The second-order valence-corrected chi connectivity index (χ2v) is 7.34. The summed E-state index contributed by atoms with van der Waals surface area (Å²) in [7, 11) is 1.64. The first-order valence-electron chi connectivity index (χ1n) is 7.13. The zero-order valence-corrected chi connectivity index (χ0v) is 15.0. The molecule has 0 saturated heterocycles. The van der Waals surface area contributed by atoms with E-state index in [1.54, 1.807) is 7.11 Å². The molecule has 2 aromatic carbocycles. The summed E-state index contributed by atoms with van der Waals surface area (Å²) in [6.07, 6.45) is 3.82. The highest BCUT2D eigenvalue weighted by atomic mass is 35.6. The molecule has 3 rings (SSSR count). The van der Waals surface area contributed by atoms with Crippen LogP contribution in [0.15, 0.2) is 48.5 Å². The van der Waals surface area contributed by atoms with Gasteiger partial charge in [0.2, 0.25) is 3.79 Å². The SMILES string of the molecule is COc1ccc(/C=C/c2nc(C(Cl)(Cl)Cl)nc3ccccc23)cc1. The minimum absolute atomic E-state index is 0.153. The Kier molecular flexibility index (Phi) is 4.95. The normalized spacial score (nSPS) is 12.0. The zero-order valence-electron chi connectivity index (χ0n) is 12.7. The van der Waals surface area contributed by atoms with E-state index in [1.165, 1.54) is 0 Å². The maximum Gasteiger partial charge on any atom is 0.250 e. The molecule has 0 unspecified atom stereocenters. The summed E-state index contributed by atoms with van der Waals surface area (Å²) in [5, 5.41) is 0.889. The summed E-state index contributed by atoms with van der Waals surface area (Å²) in [4.78, 5) is 8.73. The van der Waals surface area contributed by atoms with E-state index >= 15 is 0 Å². The molecule has 0 amide bonds. The first-order chi connectivity index (χ1) is 11.5. The van der Waals surface area contributed by atoms with Gasteiger partial charge in [0.1, 0.15) is 5.75 Å². The van der Waals surface area contributed by atoms with Crippen LogP contribution < -0.4 is 4.74 Å². The number of rotatable bonds is 3. The maximum atomic E-state index is 5.95. The molecule has 0 aliphatic carbocycles. The van der Waals surface area contributed by atoms with Gasteiger partial charge in [0, 0.05) is 5.39 Å². The molecule has 3 nitrogen and oxygen atoms in total. The number of hydrogen-bond donors (Lipinski definition) is 0. The Labute approximate surface area is 154 Å². The number of ether oxygens (including phenoxy) is 1. The van der Waals surface area contributed by atoms with Crippen LogP contribution in [0.25, 0.3) is 23.1 Å². The van der Waals surface area contributed by atoms with E-state index in [2.05, 4.69) is 9.97 Å². The quantitative estimate of drug-likeness (QED) is 0.553. The third kappa shape index (κ3) is 3.81. The first-order valence-corrected chi connectivity index (χ1v) is 8.27. The molecule has 0 fully saturated rings. The van der Waals surface area contributed by atoms with E-state index in [1.807, 2.05) is 60.7 Å². The molecule has 1 aromatic heterocycles. The van der Waals surface area contributed by atoms with Gasteiger partial charge in [-0.25, -0.2) is 9.97 Å². The number of aromatic nitrogens is 2. The van der Waals surface area contributed by atoms with Crippen LogP contribution in [-0.2, 0) is 3.79 Å². The number of benzene rings is 2. The third-order valence-corrected chi connectivity index (χ3v) is 3.94. The number of para-hydroxylation sites is 1. The van der Waals surface area contributed by atoms with Crippen molar-refractivity contribution in [1.82, 2.24) is 9.97 Å². The van der Waals surface area contributed by atoms with Gasteiger partial charge < -0.3 is 4.74 Å². The lowest BCUT2D eigenvalue weighted by Gasteiger charge is -2.11. The van der Waals surface area contributed by atoms with E-state index in [0.29, 0.717) is 5.69 Å². The van der Waals surface area contributed by atoms with Crippen LogP contribution in [0.5, 0.6) is 5.75 Å². The van der Waals surface area contributed by atoms with Gasteiger partial charge in [0.05, 0.1) is 18.3 Å². The zero-order chi connectivity index (χ0) is 17.2. The van der Waals surface area contributed by atoms with Gasteiger partial charge in [-0.2, -0.15) is 0 Å². The Balaban J connectivity index is 2.05. The van der Waals surface area contributed by atoms with E-state index in [0.717, 1.165) is 22.2 Å². The highest BCUT2D eigenvalue weighted by Gasteiger charge is 2.27. The van der Waals surface area contributed by atoms with E-state index in [-0.39, 0.29) is 5.82 Å². The molecule has 24 heavy (non-hydrogen) atoms. The highest BCUT2D eigenvalue weighted by molar-refractivity contribution is 6.66. The summed E-state index contributed by atoms with van der Waals surface area (Å²) in [5.41, 5.74) is 2.43. The van der Waals surface area contributed by atoms with Crippen molar-refractivity contribution in [3.05, 3.63) is 65.6 Å². The van der Waals surface area contributed by atoms with Gasteiger partial charge in [-0.1, -0.05) is 71.2 Å². The molecule has 6 heteroatoms.